The van der Waals surface area contributed by atoms with E-state index in [4.69, 9.17) is 4.74 Å². The third kappa shape index (κ3) is 3.48. The van der Waals surface area contributed by atoms with Gasteiger partial charge in [0.05, 0.1) is 22.6 Å². The van der Waals surface area contributed by atoms with Crippen molar-refractivity contribution in [1.29, 1.82) is 0 Å². The fourth-order valence-electron chi connectivity index (χ4n) is 3.57. The van der Waals surface area contributed by atoms with Crippen molar-refractivity contribution in [2.24, 2.45) is 13.0 Å². The second-order valence-corrected chi connectivity index (χ2v) is 8.65. The first-order chi connectivity index (χ1) is 13.2. The molecule has 1 fully saturated rings. The Balaban J connectivity index is 1.71. The van der Waals surface area contributed by atoms with Crippen LogP contribution >= 0.6 is 0 Å². The van der Waals surface area contributed by atoms with Gasteiger partial charge in [0.1, 0.15) is 11.9 Å². The minimum atomic E-state index is -0.0802. The van der Waals surface area contributed by atoms with E-state index in [1.54, 1.807) is 4.68 Å². The second-order valence-electron chi connectivity index (χ2n) is 8.65. The molecule has 4 rings (SSSR count). The molecule has 1 saturated heterocycles. The van der Waals surface area contributed by atoms with E-state index < -0.39 is 0 Å². The summed E-state index contributed by atoms with van der Waals surface area (Å²) in [6.45, 7) is 9.06. The van der Waals surface area contributed by atoms with Crippen LogP contribution in [0.2, 0.25) is 0 Å². The Morgan fingerprint density at radius 1 is 1.25 bits per heavy atom. The predicted octanol–water partition coefficient (Wildman–Crippen LogP) is 3.10. The van der Waals surface area contributed by atoms with Crippen molar-refractivity contribution in [2.45, 2.75) is 45.8 Å². The number of hydrogen-bond acceptors (Lipinski definition) is 4. The molecule has 1 aliphatic heterocycles. The molecule has 0 bridgehead atoms. The number of aromatic nitrogens is 4. The topological polar surface area (TPSA) is 74.0 Å². The van der Waals surface area contributed by atoms with Gasteiger partial charge in [-0.1, -0.05) is 0 Å². The number of nitrogens with zero attached hydrogens (tertiary/aromatic N) is 4. The van der Waals surface area contributed by atoms with Crippen molar-refractivity contribution in [1.82, 2.24) is 24.9 Å². The van der Waals surface area contributed by atoms with Gasteiger partial charge in [0.25, 0.3) is 0 Å². The number of rotatable bonds is 4. The number of aryl methyl sites for hydroxylation is 1. The maximum Gasteiger partial charge on any atom is 0.220 e. The molecule has 28 heavy (non-hydrogen) atoms. The zero-order valence-corrected chi connectivity index (χ0v) is 17.1. The van der Waals surface area contributed by atoms with Gasteiger partial charge in [0.2, 0.25) is 5.91 Å². The lowest BCUT2D eigenvalue weighted by molar-refractivity contribution is -0.119. The number of carbonyl (C=O) groups excluding carboxylic acids is 1. The highest BCUT2D eigenvalue weighted by molar-refractivity contribution is 5.89. The maximum absolute atomic E-state index is 11.6. The highest BCUT2D eigenvalue weighted by Gasteiger charge is 2.28. The summed E-state index contributed by atoms with van der Waals surface area (Å²) in [5.74, 6) is 1.05. The van der Waals surface area contributed by atoms with E-state index in [1.165, 1.54) is 0 Å². The average molecular weight is 381 g/mol. The normalized spacial score (nSPS) is 18.5. The molecule has 0 saturated carbocycles. The van der Waals surface area contributed by atoms with Gasteiger partial charge in [-0.05, 0) is 45.4 Å². The zero-order chi connectivity index (χ0) is 20.1. The first kappa shape index (κ1) is 18.5. The van der Waals surface area contributed by atoms with Crippen molar-refractivity contribution in [2.75, 3.05) is 6.54 Å². The smallest absolute Gasteiger partial charge is 0.220 e. The van der Waals surface area contributed by atoms with Crippen LogP contribution < -0.4 is 10.1 Å². The number of fused-ring (bicyclic) bond motifs is 1. The number of hydrogen-bond donors (Lipinski definition) is 1. The predicted molar refractivity (Wildman–Crippen MR) is 108 cm³/mol. The fourth-order valence-corrected chi connectivity index (χ4v) is 3.57. The monoisotopic (exact) mass is 381 g/mol. The third-order valence-corrected chi connectivity index (χ3v) is 5.29. The molecule has 2 aromatic heterocycles. The lowest BCUT2D eigenvalue weighted by atomic mass is 10.0. The summed E-state index contributed by atoms with van der Waals surface area (Å²) in [6, 6.07) is 4.12. The highest BCUT2D eigenvalue weighted by atomic mass is 16.5. The number of carbonyl (C=O) groups is 1. The largest absolute Gasteiger partial charge is 0.490 e. The number of ether oxygens (including phenoxy) is 1. The molecule has 0 spiro atoms. The Bertz CT molecular complexity index is 1030. The van der Waals surface area contributed by atoms with Crippen LogP contribution in [0.15, 0.2) is 30.7 Å². The minimum Gasteiger partial charge on any atom is -0.490 e. The van der Waals surface area contributed by atoms with Crippen molar-refractivity contribution >= 4 is 16.8 Å². The molecule has 0 aliphatic carbocycles. The van der Waals surface area contributed by atoms with Gasteiger partial charge >= 0.3 is 0 Å². The Kier molecular flexibility index (Phi) is 4.40. The summed E-state index contributed by atoms with van der Waals surface area (Å²) in [5.41, 5.74) is 2.84. The van der Waals surface area contributed by atoms with Crippen LogP contribution in [-0.2, 0) is 17.4 Å². The first-order valence-corrected chi connectivity index (χ1v) is 9.67. The molecule has 7 nitrogen and oxygen atoms in total. The number of benzene rings is 1. The summed E-state index contributed by atoms with van der Waals surface area (Å²) in [5, 5.41) is 12.9. The second kappa shape index (κ2) is 6.65. The van der Waals surface area contributed by atoms with E-state index in [9.17, 15) is 4.79 Å². The standard InChI is InChI=1S/C21H27N5O2/c1-13(15-8-20(27)22-9-15)28-19-7-14(6-18-17(19)12-25(5)24-18)16-10-23-26(11-16)21(2,3)4/h6-7,10-13,15H,8-9H2,1-5H3,(H,22,27). The molecule has 1 N–H and O–H groups in total. The van der Waals surface area contributed by atoms with E-state index in [2.05, 4.69) is 54.6 Å². The Labute approximate surface area is 164 Å². The van der Waals surface area contributed by atoms with E-state index in [0.29, 0.717) is 13.0 Å². The van der Waals surface area contributed by atoms with E-state index in [-0.39, 0.29) is 23.5 Å². The molecule has 3 aromatic rings. The molecule has 7 heteroatoms. The summed E-state index contributed by atoms with van der Waals surface area (Å²) in [4.78, 5) is 11.6. The fraction of sp³-hybridized carbons (Fsp3) is 0.476. The van der Waals surface area contributed by atoms with Gasteiger partial charge < -0.3 is 10.1 Å². The Morgan fingerprint density at radius 2 is 2.04 bits per heavy atom. The van der Waals surface area contributed by atoms with Gasteiger partial charge in [-0.15, -0.1) is 0 Å². The Morgan fingerprint density at radius 3 is 2.68 bits per heavy atom. The van der Waals surface area contributed by atoms with Crippen LogP contribution in [0.1, 0.15) is 34.1 Å². The van der Waals surface area contributed by atoms with E-state index in [0.717, 1.165) is 27.8 Å². The lowest BCUT2D eigenvalue weighted by Crippen LogP contribution is -2.25. The van der Waals surface area contributed by atoms with Crippen LogP contribution in [-0.4, -0.2) is 38.1 Å². The number of amides is 1. The van der Waals surface area contributed by atoms with Crippen molar-refractivity contribution < 1.29 is 9.53 Å². The van der Waals surface area contributed by atoms with Crippen LogP contribution in [0, 0.1) is 5.92 Å². The quantitative estimate of drug-likeness (QED) is 0.754. The van der Waals surface area contributed by atoms with Gasteiger partial charge in [-0.25, -0.2) is 0 Å². The molecule has 1 aromatic carbocycles. The van der Waals surface area contributed by atoms with E-state index >= 15 is 0 Å². The zero-order valence-electron chi connectivity index (χ0n) is 17.1. The van der Waals surface area contributed by atoms with E-state index in [1.807, 2.05) is 31.0 Å². The van der Waals surface area contributed by atoms with Crippen LogP contribution in [0.5, 0.6) is 5.75 Å². The third-order valence-electron chi connectivity index (χ3n) is 5.29. The SMILES string of the molecule is CC(Oc1cc(-c2cnn(C(C)(C)C)c2)cc2nn(C)cc12)C1CNC(=O)C1. The molecule has 148 valence electrons. The molecule has 1 aliphatic rings. The summed E-state index contributed by atoms with van der Waals surface area (Å²) in [7, 11) is 1.91. The molecule has 1 amide bonds. The lowest BCUT2D eigenvalue weighted by Gasteiger charge is -2.20. The van der Waals surface area contributed by atoms with Gasteiger partial charge in [-0.2, -0.15) is 10.2 Å². The van der Waals surface area contributed by atoms with Crippen molar-refractivity contribution in [3.8, 4) is 16.9 Å². The minimum absolute atomic E-state index is 0.0742. The summed E-state index contributed by atoms with van der Waals surface area (Å²) < 4.78 is 10.1. The van der Waals surface area contributed by atoms with Crippen molar-refractivity contribution in [3.63, 3.8) is 0 Å². The molecule has 2 unspecified atom stereocenters. The van der Waals surface area contributed by atoms with Crippen LogP contribution in [0.25, 0.3) is 22.0 Å². The molecule has 3 heterocycles. The van der Waals surface area contributed by atoms with Crippen molar-refractivity contribution in [3.05, 3.63) is 30.7 Å². The average Bonchev–Trinajstić information content (AvgIpc) is 3.32. The summed E-state index contributed by atoms with van der Waals surface area (Å²) in [6.07, 6.45) is 6.33. The molecular weight excluding hydrogens is 354 g/mol. The first-order valence-electron chi connectivity index (χ1n) is 9.67. The van der Waals surface area contributed by atoms with Gasteiger partial charge in [-0.3, -0.25) is 14.2 Å². The van der Waals surface area contributed by atoms with Crippen LogP contribution in [0.4, 0.5) is 0 Å². The Hall–Kier alpha value is -2.83. The molecule has 0 radical (unpaired) electrons. The molecule has 2 atom stereocenters. The highest BCUT2D eigenvalue weighted by Crippen LogP contribution is 2.34. The maximum atomic E-state index is 11.6. The molecular formula is C21H27N5O2. The number of nitrogens with one attached hydrogen (secondary N) is 1. The van der Waals surface area contributed by atoms with Crippen LogP contribution in [0.3, 0.4) is 0 Å². The van der Waals surface area contributed by atoms with Gasteiger partial charge in [0, 0.05) is 43.9 Å². The van der Waals surface area contributed by atoms with Gasteiger partial charge in [0.15, 0.2) is 0 Å². The summed E-state index contributed by atoms with van der Waals surface area (Å²) >= 11 is 0.